The van der Waals surface area contributed by atoms with Crippen LogP contribution >= 0.6 is 0 Å². The molecule has 3 aliphatic rings. The molecule has 0 radical (unpaired) electrons. The van der Waals surface area contributed by atoms with Crippen LogP contribution in [0.3, 0.4) is 0 Å². The van der Waals surface area contributed by atoms with E-state index in [-0.39, 0.29) is 29.7 Å². The van der Waals surface area contributed by atoms with Crippen LogP contribution in [0.4, 0.5) is 13.2 Å². The number of carbonyl (C=O) groups excluding carboxylic acids is 4. The van der Waals surface area contributed by atoms with Gasteiger partial charge in [-0.3, -0.25) is 19.2 Å². The molecule has 2 aliphatic carbocycles. The zero-order valence-corrected chi connectivity index (χ0v) is 22.1. The summed E-state index contributed by atoms with van der Waals surface area (Å²) >= 11 is 0. The second-order valence-electron chi connectivity index (χ2n) is 11.4. The van der Waals surface area contributed by atoms with Crippen molar-refractivity contribution < 1.29 is 32.3 Å². The highest BCUT2D eigenvalue weighted by atomic mass is 19.4. The number of carbonyl (C=O) groups is 4. The van der Waals surface area contributed by atoms with E-state index in [1.807, 2.05) is 38.1 Å². The zero-order valence-electron chi connectivity index (χ0n) is 22.1. The van der Waals surface area contributed by atoms with Gasteiger partial charge in [0.05, 0.1) is 12.1 Å². The Morgan fingerprint density at radius 2 is 1.79 bits per heavy atom. The molecule has 1 saturated carbocycles. The first-order valence-electron chi connectivity index (χ1n) is 13.2. The predicted octanol–water partition coefficient (Wildman–Crippen LogP) is 1.91. The molecule has 3 amide bonds. The highest BCUT2D eigenvalue weighted by molar-refractivity contribution is 6.38. The van der Waals surface area contributed by atoms with Gasteiger partial charge in [-0.25, -0.2) is 0 Å². The van der Waals surface area contributed by atoms with Gasteiger partial charge in [0.15, 0.2) is 0 Å². The van der Waals surface area contributed by atoms with E-state index in [0.29, 0.717) is 19.4 Å². The molecule has 1 aromatic rings. The number of likely N-dealkylation sites (tertiary alicyclic amines) is 1. The van der Waals surface area contributed by atoms with Crippen LogP contribution in [0.2, 0.25) is 0 Å². The van der Waals surface area contributed by atoms with Crippen molar-refractivity contribution in [1.29, 1.82) is 0 Å². The molecule has 1 heterocycles. The predicted molar refractivity (Wildman–Crippen MR) is 137 cm³/mol. The molecule has 39 heavy (non-hydrogen) atoms. The van der Waals surface area contributed by atoms with Crippen LogP contribution in [0.15, 0.2) is 36.9 Å². The van der Waals surface area contributed by atoms with Gasteiger partial charge in [-0.2, -0.15) is 13.2 Å². The molecule has 4 rings (SSSR count). The Hall–Kier alpha value is -3.21. The maximum atomic E-state index is 13.6. The first-order valence-corrected chi connectivity index (χ1v) is 13.2. The SMILES string of the molecule is C=CCNC(=O)C(=O)C(CCC(F)(F)F)NC(=O)[C@@H]1C2C(CN1C(=O)[C@@H](N)C1Cc3ccccc3C1)C2(C)C. The Labute approximate surface area is 225 Å². The van der Waals surface area contributed by atoms with Gasteiger partial charge in [0, 0.05) is 19.5 Å². The molecule has 5 atom stereocenters. The lowest BCUT2D eigenvalue weighted by atomic mass is 9.94. The smallest absolute Gasteiger partial charge is 0.346 e. The third-order valence-electron chi connectivity index (χ3n) is 8.62. The van der Waals surface area contributed by atoms with E-state index < -0.39 is 60.6 Å². The molecular formula is C28H35F3N4O4. The van der Waals surface area contributed by atoms with Gasteiger partial charge in [0.2, 0.25) is 17.6 Å². The second kappa shape index (κ2) is 10.7. The van der Waals surface area contributed by atoms with Crippen LogP contribution in [0.25, 0.3) is 0 Å². The van der Waals surface area contributed by atoms with Gasteiger partial charge in [-0.1, -0.05) is 44.2 Å². The summed E-state index contributed by atoms with van der Waals surface area (Å²) in [4.78, 5) is 53.5. The molecular weight excluding hydrogens is 513 g/mol. The van der Waals surface area contributed by atoms with Crippen LogP contribution in [-0.2, 0) is 32.0 Å². The van der Waals surface area contributed by atoms with E-state index in [1.165, 1.54) is 11.0 Å². The lowest BCUT2D eigenvalue weighted by Gasteiger charge is -2.34. The maximum absolute atomic E-state index is 13.6. The molecule has 4 N–H and O–H groups in total. The number of benzene rings is 1. The standard InChI is InChI=1S/C28H35F3N4O4/c1-4-11-33-25(38)23(36)19(9-10-28(29,30)31)34-24(37)22-20-18(27(20,2)3)14-35(22)26(39)21(32)17-12-15-7-5-6-8-16(15)13-17/h4-8,17-22H,1,9-14,32H2,2-3H3,(H,33,38)(H,34,37)/t18?,19?,20?,21-,22-/m0/s1. The largest absolute Gasteiger partial charge is 0.389 e. The number of hydrogen-bond donors (Lipinski definition) is 3. The van der Waals surface area contributed by atoms with Crippen LogP contribution in [0.5, 0.6) is 0 Å². The fraction of sp³-hybridized carbons (Fsp3) is 0.571. The lowest BCUT2D eigenvalue weighted by molar-refractivity contribution is -0.147. The van der Waals surface area contributed by atoms with Gasteiger partial charge in [0.25, 0.3) is 5.91 Å². The summed E-state index contributed by atoms with van der Waals surface area (Å²) in [6, 6.07) is 4.31. The summed E-state index contributed by atoms with van der Waals surface area (Å²) in [6.45, 7) is 7.59. The first-order chi connectivity index (χ1) is 18.3. The molecule has 3 unspecified atom stereocenters. The third kappa shape index (κ3) is 5.88. The van der Waals surface area contributed by atoms with Crippen LogP contribution in [-0.4, -0.2) is 65.8 Å². The fourth-order valence-electron chi connectivity index (χ4n) is 6.30. The zero-order chi connectivity index (χ0) is 28.7. The number of rotatable bonds is 10. The molecule has 11 heteroatoms. The Kier molecular flexibility index (Phi) is 7.93. The number of hydrogen-bond acceptors (Lipinski definition) is 5. The highest BCUT2D eigenvalue weighted by Gasteiger charge is 2.69. The number of ketones is 1. The number of nitrogens with two attached hydrogens (primary N) is 1. The summed E-state index contributed by atoms with van der Waals surface area (Å²) < 4.78 is 39.0. The molecule has 2 fully saturated rings. The molecule has 0 aromatic heterocycles. The minimum Gasteiger partial charge on any atom is -0.346 e. The molecule has 1 saturated heterocycles. The summed E-state index contributed by atoms with van der Waals surface area (Å²) in [5.41, 5.74) is 8.44. The van der Waals surface area contributed by atoms with E-state index in [1.54, 1.807) is 0 Å². The van der Waals surface area contributed by atoms with Crippen molar-refractivity contribution in [1.82, 2.24) is 15.5 Å². The summed E-state index contributed by atoms with van der Waals surface area (Å²) in [6.07, 6.45) is -4.16. The van der Waals surface area contributed by atoms with Crippen LogP contribution in [0, 0.1) is 23.2 Å². The van der Waals surface area contributed by atoms with Crippen molar-refractivity contribution in [3.05, 3.63) is 48.0 Å². The van der Waals surface area contributed by atoms with E-state index >= 15 is 0 Å². The van der Waals surface area contributed by atoms with E-state index in [2.05, 4.69) is 17.2 Å². The van der Waals surface area contributed by atoms with Crippen molar-refractivity contribution in [2.24, 2.45) is 28.9 Å². The quantitative estimate of drug-likeness (QED) is 0.305. The number of piperidine rings is 1. The fourth-order valence-corrected chi connectivity index (χ4v) is 6.30. The van der Waals surface area contributed by atoms with Crippen LogP contribution < -0.4 is 16.4 Å². The van der Waals surface area contributed by atoms with Crippen molar-refractivity contribution >= 4 is 23.5 Å². The number of amides is 3. The Morgan fingerprint density at radius 3 is 2.36 bits per heavy atom. The van der Waals surface area contributed by atoms with Crippen molar-refractivity contribution in [2.75, 3.05) is 13.1 Å². The number of halogens is 3. The average molecular weight is 549 g/mol. The summed E-state index contributed by atoms with van der Waals surface area (Å²) in [5.74, 6) is -3.80. The van der Waals surface area contributed by atoms with E-state index in [4.69, 9.17) is 5.73 Å². The van der Waals surface area contributed by atoms with Gasteiger partial charge in [0.1, 0.15) is 6.04 Å². The number of alkyl halides is 3. The summed E-state index contributed by atoms with van der Waals surface area (Å²) in [7, 11) is 0. The highest BCUT2D eigenvalue weighted by Crippen LogP contribution is 2.65. The Bertz CT molecular complexity index is 1140. The van der Waals surface area contributed by atoms with E-state index in [9.17, 15) is 32.3 Å². The Morgan fingerprint density at radius 1 is 1.18 bits per heavy atom. The summed E-state index contributed by atoms with van der Waals surface area (Å²) in [5, 5.41) is 4.62. The lowest BCUT2D eigenvalue weighted by Crippen LogP contribution is -2.58. The number of nitrogens with one attached hydrogen (secondary N) is 2. The number of nitrogens with zero attached hydrogens (tertiary/aromatic N) is 1. The van der Waals surface area contributed by atoms with Gasteiger partial charge >= 0.3 is 6.18 Å². The molecule has 8 nitrogen and oxygen atoms in total. The van der Waals surface area contributed by atoms with Crippen molar-refractivity contribution in [2.45, 2.75) is 63.8 Å². The average Bonchev–Trinajstić information content (AvgIpc) is 3.26. The molecule has 1 aliphatic heterocycles. The second-order valence-corrected chi connectivity index (χ2v) is 11.4. The normalized spacial score (nSPS) is 24.8. The van der Waals surface area contributed by atoms with Crippen molar-refractivity contribution in [3.8, 4) is 0 Å². The maximum Gasteiger partial charge on any atom is 0.389 e. The molecule has 1 aromatic carbocycles. The Balaban J connectivity index is 1.51. The minimum atomic E-state index is -4.59. The topological polar surface area (TPSA) is 122 Å². The van der Waals surface area contributed by atoms with Gasteiger partial charge < -0.3 is 21.3 Å². The number of Topliss-reactive ketones (excluding diaryl/α,β-unsaturated/α-hetero) is 1. The third-order valence-corrected chi connectivity index (χ3v) is 8.62. The van der Waals surface area contributed by atoms with E-state index in [0.717, 1.165) is 11.1 Å². The molecule has 0 spiro atoms. The molecule has 0 bridgehead atoms. The van der Waals surface area contributed by atoms with Gasteiger partial charge in [-0.15, -0.1) is 6.58 Å². The van der Waals surface area contributed by atoms with Crippen molar-refractivity contribution in [3.63, 3.8) is 0 Å². The van der Waals surface area contributed by atoms with Crippen LogP contribution in [0.1, 0.15) is 37.8 Å². The monoisotopic (exact) mass is 548 g/mol. The molecule has 212 valence electrons. The van der Waals surface area contributed by atoms with Gasteiger partial charge in [-0.05, 0) is 53.6 Å². The first kappa shape index (κ1) is 28.8. The minimum absolute atomic E-state index is 0.0189. The number of fused-ring (bicyclic) bond motifs is 2.